The van der Waals surface area contributed by atoms with E-state index in [1.807, 2.05) is 4.57 Å². The molecule has 0 unspecified atom stereocenters. The third-order valence-corrected chi connectivity index (χ3v) is 9.57. The number of carbonyl (C=O) groups excluding carboxylic acids is 1. The summed E-state index contributed by atoms with van der Waals surface area (Å²) in [6.07, 6.45) is 10.5. The number of non-ortho nitro benzene ring substituents is 1. The highest BCUT2D eigenvalue weighted by Gasteiger charge is 2.25. The van der Waals surface area contributed by atoms with Crippen LogP contribution in [0, 0.1) is 16.0 Å². The van der Waals surface area contributed by atoms with E-state index in [-0.39, 0.29) is 30.0 Å². The molecule has 0 bridgehead atoms. The average Bonchev–Trinajstić information content (AvgIpc) is 3.50. The predicted molar refractivity (Wildman–Crippen MR) is 186 cm³/mol. The number of nitrogens with one attached hydrogen (secondary N) is 2. The van der Waals surface area contributed by atoms with Crippen LogP contribution in [0.4, 0.5) is 5.69 Å². The number of rotatable bonds is 13. The standard InChI is InChI=1S/C36H44N6O3S/c1-3-26(2)34(39-35(43)20-32-21-37-25-41(32)22-27-16-18-31(19-17-27)42(44)45)24-40(36(46)38-30-13-5-4-6-14-30)23-29-12-9-11-28-10-7-8-15-33(28)29/h7-12,15-19,21,25-26,30,34H,3-6,13-14,20,22-24H2,1-2H3,(H,38,46)(H,39,43)/t26-,34+/m0/s1. The molecule has 1 aliphatic carbocycles. The van der Waals surface area contributed by atoms with Crippen LogP contribution in [-0.2, 0) is 24.3 Å². The molecule has 4 aromatic rings. The summed E-state index contributed by atoms with van der Waals surface area (Å²) in [6.45, 7) is 6.03. The van der Waals surface area contributed by atoms with Crippen LogP contribution in [0.1, 0.15) is 69.2 Å². The molecule has 2 N–H and O–H groups in total. The Morgan fingerprint density at radius 1 is 1.09 bits per heavy atom. The van der Waals surface area contributed by atoms with E-state index in [4.69, 9.17) is 12.2 Å². The number of hydrogen-bond acceptors (Lipinski definition) is 5. The molecule has 0 radical (unpaired) electrons. The second-order valence-corrected chi connectivity index (χ2v) is 12.9. The Balaban J connectivity index is 1.31. The number of amides is 1. The minimum atomic E-state index is -0.410. The topological polar surface area (TPSA) is 105 Å². The number of benzene rings is 3. The van der Waals surface area contributed by atoms with Gasteiger partial charge in [-0.3, -0.25) is 14.9 Å². The first-order valence-electron chi connectivity index (χ1n) is 16.3. The van der Waals surface area contributed by atoms with Crippen molar-refractivity contribution in [2.75, 3.05) is 6.54 Å². The molecule has 2 atom stereocenters. The number of aromatic nitrogens is 2. The number of imidazole rings is 1. The third-order valence-electron chi connectivity index (χ3n) is 9.20. The van der Waals surface area contributed by atoms with Gasteiger partial charge in [-0.25, -0.2) is 4.98 Å². The molecular formula is C36H44N6O3S. The third kappa shape index (κ3) is 8.69. The number of fused-ring (bicyclic) bond motifs is 1. The zero-order valence-corrected chi connectivity index (χ0v) is 27.5. The number of nitro groups is 1. The minimum Gasteiger partial charge on any atom is -0.360 e. The molecule has 10 heteroatoms. The fraction of sp³-hybridized carbons (Fsp3) is 0.417. The molecule has 1 aliphatic rings. The molecule has 1 fully saturated rings. The number of thiocarbonyl (C=S) groups is 1. The van der Waals surface area contributed by atoms with Crippen LogP contribution in [0.15, 0.2) is 79.3 Å². The fourth-order valence-corrected chi connectivity index (χ4v) is 6.54. The van der Waals surface area contributed by atoms with Gasteiger partial charge in [-0.2, -0.15) is 0 Å². The summed E-state index contributed by atoms with van der Waals surface area (Å²) >= 11 is 6.08. The number of hydrogen-bond donors (Lipinski definition) is 2. The summed E-state index contributed by atoms with van der Waals surface area (Å²) in [5, 5.41) is 21.2. The van der Waals surface area contributed by atoms with Gasteiger partial charge in [0.05, 0.1) is 17.7 Å². The van der Waals surface area contributed by atoms with Crippen molar-refractivity contribution < 1.29 is 9.72 Å². The molecule has 0 saturated heterocycles. The van der Waals surface area contributed by atoms with Crippen molar-refractivity contribution in [3.8, 4) is 0 Å². The number of nitrogens with zero attached hydrogens (tertiary/aromatic N) is 4. The fourth-order valence-electron chi connectivity index (χ4n) is 6.24. The molecule has 1 aromatic heterocycles. The van der Waals surface area contributed by atoms with Gasteiger partial charge in [-0.1, -0.05) is 94.1 Å². The van der Waals surface area contributed by atoms with Crippen molar-refractivity contribution in [1.29, 1.82) is 0 Å². The molecule has 9 nitrogen and oxygen atoms in total. The van der Waals surface area contributed by atoms with Gasteiger partial charge in [0.2, 0.25) is 5.91 Å². The van der Waals surface area contributed by atoms with Crippen molar-refractivity contribution in [1.82, 2.24) is 25.1 Å². The van der Waals surface area contributed by atoms with E-state index in [1.54, 1.807) is 24.7 Å². The highest BCUT2D eigenvalue weighted by atomic mass is 32.1. The van der Waals surface area contributed by atoms with E-state index in [1.165, 1.54) is 47.7 Å². The first-order valence-corrected chi connectivity index (χ1v) is 16.7. The van der Waals surface area contributed by atoms with E-state index >= 15 is 0 Å². The van der Waals surface area contributed by atoms with Crippen LogP contribution in [-0.4, -0.2) is 49.0 Å². The van der Waals surface area contributed by atoms with Gasteiger partial charge in [-0.05, 0) is 52.9 Å². The van der Waals surface area contributed by atoms with Crippen LogP contribution in [0.3, 0.4) is 0 Å². The van der Waals surface area contributed by atoms with Crippen molar-refractivity contribution in [3.05, 3.63) is 106 Å². The maximum Gasteiger partial charge on any atom is 0.269 e. The van der Waals surface area contributed by atoms with Gasteiger partial charge >= 0.3 is 0 Å². The van der Waals surface area contributed by atoms with E-state index in [2.05, 4.69) is 76.8 Å². The van der Waals surface area contributed by atoms with Gasteiger partial charge < -0.3 is 20.1 Å². The number of nitro benzene ring substituents is 1. The first kappa shape index (κ1) is 33.1. The molecule has 1 heterocycles. The molecular weight excluding hydrogens is 597 g/mol. The van der Waals surface area contributed by atoms with Crippen molar-refractivity contribution in [2.24, 2.45) is 5.92 Å². The molecule has 1 saturated carbocycles. The quantitative estimate of drug-likeness (QED) is 0.0944. The molecule has 3 aromatic carbocycles. The lowest BCUT2D eigenvalue weighted by Crippen LogP contribution is -2.52. The zero-order valence-electron chi connectivity index (χ0n) is 26.7. The largest absolute Gasteiger partial charge is 0.360 e. The highest BCUT2D eigenvalue weighted by molar-refractivity contribution is 7.80. The monoisotopic (exact) mass is 640 g/mol. The van der Waals surface area contributed by atoms with Gasteiger partial charge in [-0.15, -0.1) is 0 Å². The molecule has 242 valence electrons. The van der Waals surface area contributed by atoms with E-state index < -0.39 is 4.92 Å². The maximum atomic E-state index is 13.6. The lowest BCUT2D eigenvalue weighted by atomic mass is 9.95. The van der Waals surface area contributed by atoms with Crippen molar-refractivity contribution in [2.45, 2.75) is 84.0 Å². The summed E-state index contributed by atoms with van der Waals surface area (Å²) < 4.78 is 1.91. The average molecular weight is 641 g/mol. The Morgan fingerprint density at radius 3 is 2.57 bits per heavy atom. The molecule has 1 amide bonds. The van der Waals surface area contributed by atoms with E-state index in [0.29, 0.717) is 25.7 Å². The van der Waals surface area contributed by atoms with E-state index in [0.717, 1.165) is 35.6 Å². The zero-order chi connectivity index (χ0) is 32.5. The van der Waals surface area contributed by atoms with E-state index in [9.17, 15) is 14.9 Å². The summed E-state index contributed by atoms with van der Waals surface area (Å²) in [5.41, 5.74) is 2.93. The Kier molecular flexibility index (Phi) is 11.4. The Hall–Kier alpha value is -4.31. The van der Waals surface area contributed by atoms with Crippen LogP contribution in [0.5, 0.6) is 0 Å². The van der Waals surface area contributed by atoms with Crippen molar-refractivity contribution in [3.63, 3.8) is 0 Å². The van der Waals surface area contributed by atoms with Gasteiger partial charge in [0.25, 0.3) is 5.69 Å². The summed E-state index contributed by atoms with van der Waals surface area (Å²) in [7, 11) is 0. The predicted octanol–water partition coefficient (Wildman–Crippen LogP) is 6.78. The van der Waals surface area contributed by atoms with Crippen LogP contribution in [0.25, 0.3) is 10.8 Å². The Bertz CT molecular complexity index is 1630. The lowest BCUT2D eigenvalue weighted by molar-refractivity contribution is -0.384. The van der Waals surface area contributed by atoms with Crippen molar-refractivity contribution >= 4 is 39.7 Å². The molecule has 0 spiro atoms. The second-order valence-electron chi connectivity index (χ2n) is 12.5. The van der Waals surface area contributed by atoms with Crippen LogP contribution in [0.2, 0.25) is 0 Å². The summed E-state index contributed by atoms with van der Waals surface area (Å²) in [6, 6.07) is 21.5. The SMILES string of the molecule is CC[C@H](C)[C@@H](CN(Cc1cccc2ccccc12)C(=S)NC1CCCCC1)NC(=O)Cc1cncn1Cc1ccc([N+](=O)[O-])cc1. The number of carbonyl (C=O) groups is 1. The Morgan fingerprint density at radius 2 is 1.83 bits per heavy atom. The maximum absolute atomic E-state index is 13.6. The Labute approximate surface area is 276 Å². The van der Waals surface area contributed by atoms with Gasteiger partial charge in [0, 0.05) is 55.7 Å². The molecule has 5 rings (SSSR count). The molecule has 0 aliphatic heterocycles. The normalized spacial score (nSPS) is 14.8. The van der Waals surface area contributed by atoms with Crippen LogP contribution < -0.4 is 10.6 Å². The lowest BCUT2D eigenvalue weighted by Gasteiger charge is -2.35. The van der Waals surface area contributed by atoms with Crippen LogP contribution >= 0.6 is 12.2 Å². The van der Waals surface area contributed by atoms with Gasteiger partial charge in [0.1, 0.15) is 0 Å². The smallest absolute Gasteiger partial charge is 0.269 e. The highest BCUT2D eigenvalue weighted by Crippen LogP contribution is 2.23. The first-order chi connectivity index (χ1) is 22.3. The van der Waals surface area contributed by atoms with Gasteiger partial charge in [0.15, 0.2) is 5.11 Å². The summed E-state index contributed by atoms with van der Waals surface area (Å²) in [5.74, 6) is 0.147. The second kappa shape index (κ2) is 15.8. The molecule has 46 heavy (non-hydrogen) atoms. The minimum absolute atomic E-state index is 0.0491. The summed E-state index contributed by atoms with van der Waals surface area (Å²) in [4.78, 5) is 30.7.